The molecule has 0 amide bonds. The number of hydrogen-bond acceptors (Lipinski definition) is 9. The SMILES string of the molecule is N[C@@H](CO)C(O)(P(=O)([O-])[O-])P(=O)([O-])[O-].[Na+].[Na+].[Na+].[Na+]. The fourth-order valence-electron chi connectivity index (χ4n) is 0.679. The maximum Gasteiger partial charge on any atom is 1.00 e. The molecule has 18 heavy (non-hydrogen) atoms. The average Bonchev–Trinajstić information content (AvgIpc) is 1.97. The van der Waals surface area contributed by atoms with Crippen molar-refractivity contribution in [2.24, 2.45) is 5.73 Å². The molecule has 0 aliphatic rings. The first kappa shape index (κ1) is 33.7. The first-order valence-corrected chi connectivity index (χ1v) is 6.20. The van der Waals surface area contributed by atoms with Gasteiger partial charge in [0.2, 0.25) is 0 Å². The first-order chi connectivity index (χ1) is 5.98. The molecule has 0 saturated carbocycles. The maximum absolute atomic E-state index is 10.4. The van der Waals surface area contributed by atoms with Crippen molar-refractivity contribution < 1.29 is 157 Å². The predicted octanol–water partition coefficient (Wildman–Crippen LogP) is -17.2. The number of hydrogen-bond donors (Lipinski definition) is 3. The maximum atomic E-state index is 10.4. The summed E-state index contributed by atoms with van der Waals surface area (Å²) in [5, 5.41) is 13.0. The van der Waals surface area contributed by atoms with Crippen molar-refractivity contribution in [2.75, 3.05) is 6.61 Å². The third-order valence-corrected chi connectivity index (χ3v) is 5.25. The van der Waals surface area contributed by atoms with Crippen LogP contribution in [0.4, 0.5) is 0 Å². The molecule has 15 heteroatoms. The topological polar surface area (TPSA) is 193 Å². The molecule has 0 unspecified atom stereocenters. The van der Waals surface area contributed by atoms with Crippen molar-refractivity contribution in [2.45, 2.75) is 11.1 Å². The van der Waals surface area contributed by atoms with E-state index in [0.717, 1.165) is 0 Å². The Kier molecular flexibility index (Phi) is 23.6. The molecular formula is C3H7NNa4O8P2. The van der Waals surface area contributed by atoms with Crippen molar-refractivity contribution in [1.82, 2.24) is 0 Å². The van der Waals surface area contributed by atoms with Crippen LogP contribution in [0, 0.1) is 0 Å². The fourth-order valence-corrected chi connectivity index (χ4v) is 2.85. The Morgan fingerprint density at radius 1 is 1.00 bits per heavy atom. The Morgan fingerprint density at radius 2 is 1.22 bits per heavy atom. The van der Waals surface area contributed by atoms with Crippen molar-refractivity contribution in [1.29, 1.82) is 0 Å². The van der Waals surface area contributed by atoms with E-state index in [2.05, 4.69) is 5.73 Å². The smallest absolute Gasteiger partial charge is 0.808 e. The van der Waals surface area contributed by atoms with E-state index in [1.165, 1.54) is 0 Å². The molecule has 9 nitrogen and oxygen atoms in total. The molecule has 0 rings (SSSR count). The summed E-state index contributed by atoms with van der Waals surface area (Å²) >= 11 is 0. The Balaban J connectivity index is -0.000000141. The predicted molar refractivity (Wildman–Crippen MR) is 35.2 cm³/mol. The van der Waals surface area contributed by atoms with E-state index in [9.17, 15) is 28.7 Å². The second kappa shape index (κ2) is 12.6. The van der Waals surface area contributed by atoms with Crippen molar-refractivity contribution >= 4 is 15.2 Å². The Morgan fingerprint density at radius 3 is 1.28 bits per heavy atom. The standard InChI is InChI=1S/C3H11NO8P2.4Na/c4-2(1-5)3(6,13(7,8)9)14(10,11)12;;;;/h2,5-6H,1,4H2,(H2,7,8,9)(H2,10,11,12);;;;/q;4*+1/p-4/t2-;;;;/m0..../s1. The van der Waals surface area contributed by atoms with Crippen molar-refractivity contribution in [3.8, 4) is 0 Å². The first-order valence-electron chi connectivity index (χ1n) is 3.11. The number of rotatable bonds is 4. The van der Waals surface area contributed by atoms with Crippen LogP contribution >= 0.6 is 15.2 Å². The van der Waals surface area contributed by atoms with Gasteiger partial charge in [0.15, 0.2) is 0 Å². The van der Waals surface area contributed by atoms with Gasteiger partial charge in [-0.2, -0.15) is 0 Å². The van der Waals surface area contributed by atoms with Gasteiger partial charge in [0, 0.05) is 0 Å². The minimum atomic E-state index is -6.20. The summed E-state index contributed by atoms with van der Waals surface area (Å²) in [5.41, 5.74) is 4.68. The minimum Gasteiger partial charge on any atom is -0.808 e. The summed E-state index contributed by atoms with van der Waals surface area (Å²) in [6.07, 6.45) is 0. The molecule has 0 fully saturated rings. The summed E-state index contributed by atoms with van der Waals surface area (Å²) in [6, 6.07) is -2.40. The van der Waals surface area contributed by atoms with Crippen LogP contribution in [0.1, 0.15) is 0 Å². The normalized spacial score (nSPS) is 13.1. The third kappa shape index (κ3) is 8.15. The average molecular weight is 339 g/mol. The van der Waals surface area contributed by atoms with Crippen LogP contribution in [0.3, 0.4) is 0 Å². The van der Waals surface area contributed by atoms with Gasteiger partial charge in [-0.15, -0.1) is 0 Å². The summed E-state index contributed by atoms with van der Waals surface area (Å²) in [7, 11) is -12.4. The summed E-state index contributed by atoms with van der Waals surface area (Å²) in [6.45, 7) is -1.35. The van der Waals surface area contributed by atoms with E-state index >= 15 is 0 Å². The molecule has 0 aliphatic carbocycles. The molecule has 1 atom stereocenters. The largest absolute Gasteiger partial charge is 1.00 e. The van der Waals surface area contributed by atoms with Gasteiger partial charge in [-0.05, 0) is 15.2 Å². The quantitative estimate of drug-likeness (QED) is 0.329. The zero-order valence-corrected chi connectivity index (χ0v) is 20.4. The molecule has 0 radical (unpaired) electrons. The fraction of sp³-hybridized carbons (Fsp3) is 1.00. The molecule has 0 aromatic rings. The van der Waals surface area contributed by atoms with Gasteiger partial charge in [-0.25, -0.2) is 0 Å². The van der Waals surface area contributed by atoms with Crippen molar-refractivity contribution in [3.63, 3.8) is 0 Å². The van der Waals surface area contributed by atoms with E-state index in [1.807, 2.05) is 0 Å². The van der Waals surface area contributed by atoms with Gasteiger partial charge in [0.25, 0.3) is 0 Å². The molecule has 86 valence electrons. The van der Waals surface area contributed by atoms with Gasteiger partial charge in [0.1, 0.15) is 5.08 Å². The number of aliphatic hydroxyl groups excluding tert-OH is 1. The van der Waals surface area contributed by atoms with Gasteiger partial charge >= 0.3 is 118 Å². The second-order valence-corrected chi connectivity index (χ2v) is 6.18. The number of nitrogens with two attached hydrogens (primary N) is 1. The summed E-state index contributed by atoms with van der Waals surface area (Å²) in [5.74, 6) is 0. The van der Waals surface area contributed by atoms with E-state index in [-0.39, 0.29) is 118 Å². The molecule has 0 aromatic heterocycles. The minimum absolute atomic E-state index is 0. The van der Waals surface area contributed by atoms with Crippen LogP contribution < -0.4 is 144 Å². The van der Waals surface area contributed by atoms with Gasteiger partial charge in [-0.3, -0.25) is 0 Å². The summed E-state index contributed by atoms with van der Waals surface area (Å²) in [4.78, 5) is 41.4. The van der Waals surface area contributed by atoms with Crippen LogP contribution in [-0.2, 0) is 9.13 Å². The molecule has 0 aromatic carbocycles. The van der Waals surface area contributed by atoms with E-state index in [0.29, 0.717) is 0 Å². The zero-order valence-electron chi connectivity index (χ0n) is 10.6. The molecule has 0 saturated heterocycles. The molecule has 0 heterocycles. The van der Waals surface area contributed by atoms with Gasteiger partial charge in [0.05, 0.1) is 12.6 Å². The van der Waals surface area contributed by atoms with Gasteiger partial charge in [-0.1, -0.05) is 0 Å². The molecule has 0 bridgehead atoms. The molecule has 0 spiro atoms. The molecular weight excluding hydrogens is 332 g/mol. The Bertz CT molecular complexity index is 283. The van der Waals surface area contributed by atoms with Gasteiger partial charge < -0.3 is 44.7 Å². The Hall–Kier alpha value is 4.18. The summed E-state index contributed by atoms with van der Waals surface area (Å²) < 4.78 is 20.7. The van der Waals surface area contributed by atoms with Crippen LogP contribution in [0.15, 0.2) is 0 Å². The monoisotopic (exact) mass is 339 g/mol. The van der Waals surface area contributed by atoms with Crippen LogP contribution in [0.5, 0.6) is 0 Å². The second-order valence-electron chi connectivity index (χ2n) is 2.47. The molecule has 4 N–H and O–H groups in total. The van der Waals surface area contributed by atoms with Crippen LogP contribution in [0.2, 0.25) is 0 Å². The van der Waals surface area contributed by atoms with Crippen LogP contribution in [0.25, 0.3) is 0 Å². The van der Waals surface area contributed by atoms with E-state index < -0.39 is 32.9 Å². The third-order valence-electron chi connectivity index (χ3n) is 1.50. The zero-order chi connectivity index (χ0) is 11.8. The van der Waals surface area contributed by atoms with E-state index in [4.69, 9.17) is 10.2 Å². The van der Waals surface area contributed by atoms with Crippen molar-refractivity contribution in [3.05, 3.63) is 0 Å². The Labute approximate surface area is 192 Å². The van der Waals surface area contributed by atoms with E-state index in [1.54, 1.807) is 0 Å². The van der Waals surface area contributed by atoms with Crippen LogP contribution in [-0.4, -0.2) is 27.9 Å². The number of aliphatic hydroxyl groups is 2. The molecule has 0 aliphatic heterocycles.